The van der Waals surface area contributed by atoms with Gasteiger partial charge in [-0.05, 0) is 48.4 Å². The largest absolute Gasteiger partial charge is 0.399 e. The first kappa shape index (κ1) is 18.3. The summed E-state index contributed by atoms with van der Waals surface area (Å²) >= 11 is 0. The zero-order valence-corrected chi connectivity index (χ0v) is 14.1. The normalized spacial score (nSPS) is 13.0. The van der Waals surface area contributed by atoms with E-state index in [1.54, 1.807) is 48.5 Å². The second-order valence-electron chi connectivity index (χ2n) is 6.08. The predicted molar refractivity (Wildman–Crippen MR) is 98.5 cm³/mol. The lowest BCUT2D eigenvalue weighted by Gasteiger charge is -2.34. The Balaban J connectivity index is 2.33. The summed E-state index contributed by atoms with van der Waals surface area (Å²) in [6, 6.07) is 13.8. The minimum atomic E-state index is -1.54. The third-order valence-corrected chi connectivity index (χ3v) is 4.23. The molecule has 2 rings (SSSR count). The molecule has 0 saturated heterocycles. The van der Waals surface area contributed by atoms with Crippen molar-refractivity contribution < 1.29 is 10.2 Å². The molecule has 2 aromatic rings. The monoisotopic (exact) mass is 329 g/mol. The van der Waals surface area contributed by atoms with Gasteiger partial charge in [-0.3, -0.25) is 0 Å². The molecule has 0 spiro atoms. The molecular weight excluding hydrogens is 302 g/mol. The van der Waals surface area contributed by atoms with Crippen LogP contribution in [0.5, 0.6) is 0 Å². The first-order valence-corrected chi connectivity index (χ1v) is 8.31. The van der Waals surface area contributed by atoms with Crippen LogP contribution >= 0.6 is 0 Å². The molecule has 0 aliphatic rings. The van der Waals surface area contributed by atoms with Crippen molar-refractivity contribution in [3.63, 3.8) is 0 Å². The van der Waals surface area contributed by atoms with Gasteiger partial charge in [-0.15, -0.1) is 0 Å². The van der Waals surface area contributed by atoms with Crippen molar-refractivity contribution in [2.75, 3.05) is 24.6 Å². The maximum absolute atomic E-state index is 11.4. The van der Waals surface area contributed by atoms with Crippen LogP contribution in [0.25, 0.3) is 0 Å². The molecule has 0 bridgehead atoms. The Morgan fingerprint density at radius 3 is 1.83 bits per heavy atom. The van der Waals surface area contributed by atoms with Gasteiger partial charge in [0.25, 0.3) is 0 Å². The summed E-state index contributed by atoms with van der Waals surface area (Å²) in [5.74, 6) is 0. The number of nitrogen functional groups attached to an aromatic ring is 2. The van der Waals surface area contributed by atoms with Crippen LogP contribution in [0.4, 0.5) is 11.4 Å². The molecule has 0 aliphatic carbocycles. The quantitative estimate of drug-likeness (QED) is 0.375. The number of nitrogens with one attached hydrogen (secondary N) is 1. The van der Waals surface area contributed by atoms with E-state index in [2.05, 4.69) is 12.2 Å². The van der Waals surface area contributed by atoms with E-state index >= 15 is 0 Å². The molecule has 130 valence electrons. The van der Waals surface area contributed by atoms with E-state index in [9.17, 15) is 10.2 Å². The average molecular weight is 329 g/mol. The molecule has 0 aromatic heterocycles. The molecule has 0 heterocycles. The minimum Gasteiger partial charge on any atom is -0.399 e. The highest BCUT2D eigenvalue weighted by Crippen LogP contribution is 2.34. The molecule has 5 nitrogen and oxygen atoms in total. The first-order chi connectivity index (χ1) is 11.5. The number of nitrogens with two attached hydrogens (primary N) is 2. The van der Waals surface area contributed by atoms with Crippen molar-refractivity contribution in [1.82, 2.24) is 5.32 Å². The summed E-state index contributed by atoms with van der Waals surface area (Å²) < 4.78 is 0. The lowest BCUT2D eigenvalue weighted by atomic mass is 9.81. The van der Waals surface area contributed by atoms with E-state index in [-0.39, 0.29) is 6.54 Å². The molecule has 0 amide bonds. The van der Waals surface area contributed by atoms with Crippen LogP contribution in [-0.2, 0) is 5.60 Å². The van der Waals surface area contributed by atoms with E-state index in [1.807, 2.05) is 0 Å². The van der Waals surface area contributed by atoms with Gasteiger partial charge in [0.15, 0.2) is 0 Å². The van der Waals surface area contributed by atoms with E-state index in [0.29, 0.717) is 22.5 Å². The van der Waals surface area contributed by atoms with E-state index in [4.69, 9.17) is 11.5 Å². The Morgan fingerprint density at radius 1 is 0.958 bits per heavy atom. The van der Waals surface area contributed by atoms with Crippen LogP contribution in [0.2, 0.25) is 0 Å². The van der Waals surface area contributed by atoms with Crippen LogP contribution in [0.1, 0.15) is 30.9 Å². The summed E-state index contributed by atoms with van der Waals surface area (Å²) in [7, 11) is 0. The number of unbranched alkanes of at least 4 members (excludes halogenated alkanes) is 1. The summed E-state index contributed by atoms with van der Waals surface area (Å²) in [5.41, 5.74) is 12.3. The standard InChI is InChI=1S/C19H27N3O2/c1-2-3-12-22-13-18(23)19(24,14-4-8-16(20)9-5-14)15-6-10-17(21)11-7-15/h4-11,18,22-24H,2-3,12-13,20-21H2,1H3. The smallest absolute Gasteiger partial charge is 0.142 e. The van der Waals surface area contributed by atoms with Gasteiger partial charge in [-0.25, -0.2) is 0 Å². The van der Waals surface area contributed by atoms with Crippen molar-refractivity contribution >= 4 is 11.4 Å². The molecule has 2 aromatic carbocycles. The molecule has 0 aliphatic heterocycles. The molecule has 0 fully saturated rings. The minimum absolute atomic E-state index is 0.283. The number of benzene rings is 2. The third-order valence-electron chi connectivity index (χ3n) is 4.23. The zero-order chi connectivity index (χ0) is 17.6. The van der Waals surface area contributed by atoms with E-state index < -0.39 is 11.7 Å². The van der Waals surface area contributed by atoms with Gasteiger partial charge in [0.1, 0.15) is 11.7 Å². The molecular formula is C19H27N3O2. The molecule has 1 atom stereocenters. The molecule has 0 radical (unpaired) electrons. The number of anilines is 2. The van der Waals surface area contributed by atoms with Gasteiger partial charge in [-0.2, -0.15) is 0 Å². The number of aliphatic hydroxyl groups excluding tert-OH is 1. The maximum Gasteiger partial charge on any atom is 0.142 e. The summed E-state index contributed by atoms with van der Waals surface area (Å²) in [5, 5.41) is 25.3. The van der Waals surface area contributed by atoms with Crippen LogP contribution in [-0.4, -0.2) is 29.4 Å². The molecule has 0 saturated carbocycles. The maximum atomic E-state index is 11.4. The number of aliphatic hydroxyl groups is 2. The summed E-state index contributed by atoms with van der Waals surface area (Å²) in [6.07, 6.45) is 1.08. The number of hydrogen-bond acceptors (Lipinski definition) is 5. The van der Waals surface area contributed by atoms with E-state index in [1.165, 1.54) is 0 Å². The summed E-state index contributed by atoms with van der Waals surface area (Å²) in [6.45, 7) is 3.19. The predicted octanol–water partition coefficient (Wildman–Crippen LogP) is 1.84. The van der Waals surface area contributed by atoms with E-state index in [0.717, 1.165) is 19.4 Å². The van der Waals surface area contributed by atoms with Crippen LogP contribution < -0.4 is 16.8 Å². The second-order valence-corrected chi connectivity index (χ2v) is 6.08. The zero-order valence-electron chi connectivity index (χ0n) is 14.1. The van der Waals surface area contributed by atoms with Gasteiger partial charge < -0.3 is 27.0 Å². The Morgan fingerprint density at radius 2 is 1.42 bits per heavy atom. The SMILES string of the molecule is CCCCNCC(O)C(O)(c1ccc(N)cc1)c1ccc(N)cc1. The van der Waals surface area contributed by atoms with Crippen molar-refractivity contribution in [1.29, 1.82) is 0 Å². The highest BCUT2D eigenvalue weighted by atomic mass is 16.3. The topological polar surface area (TPSA) is 105 Å². The Hall–Kier alpha value is -2.08. The number of rotatable bonds is 8. The van der Waals surface area contributed by atoms with Crippen LogP contribution in [0, 0.1) is 0 Å². The highest BCUT2D eigenvalue weighted by Gasteiger charge is 2.39. The van der Waals surface area contributed by atoms with Crippen LogP contribution in [0.3, 0.4) is 0 Å². The van der Waals surface area contributed by atoms with Gasteiger partial charge in [0.2, 0.25) is 0 Å². The fourth-order valence-electron chi connectivity index (χ4n) is 2.71. The molecule has 24 heavy (non-hydrogen) atoms. The van der Waals surface area contributed by atoms with Crippen LogP contribution in [0.15, 0.2) is 48.5 Å². The van der Waals surface area contributed by atoms with Crippen molar-refractivity contribution in [2.45, 2.75) is 31.5 Å². The average Bonchev–Trinajstić information content (AvgIpc) is 2.59. The Bertz CT molecular complexity index is 581. The van der Waals surface area contributed by atoms with Crippen molar-refractivity contribution in [2.24, 2.45) is 0 Å². The van der Waals surface area contributed by atoms with Crippen molar-refractivity contribution in [3.05, 3.63) is 59.7 Å². The molecule has 7 N–H and O–H groups in total. The number of hydrogen-bond donors (Lipinski definition) is 5. The fraction of sp³-hybridized carbons (Fsp3) is 0.368. The van der Waals surface area contributed by atoms with Crippen molar-refractivity contribution in [3.8, 4) is 0 Å². The lowest BCUT2D eigenvalue weighted by Crippen LogP contribution is -2.46. The first-order valence-electron chi connectivity index (χ1n) is 8.31. The molecule has 5 heteroatoms. The van der Waals surface area contributed by atoms with Gasteiger partial charge in [0.05, 0.1) is 0 Å². The fourth-order valence-corrected chi connectivity index (χ4v) is 2.71. The van der Waals surface area contributed by atoms with Gasteiger partial charge in [0, 0.05) is 17.9 Å². The Labute approximate surface area is 143 Å². The highest BCUT2D eigenvalue weighted by molar-refractivity contribution is 5.48. The molecule has 1 unspecified atom stereocenters. The lowest BCUT2D eigenvalue weighted by molar-refractivity contribution is -0.0480. The van der Waals surface area contributed by atoms with Gasteiger partial charge in [-0.1, -0.05) is 37.6 Å². The Kier molecular flexibility index (Phi) is 6.20. The third kappa shape index (κ3) is 4.06. The van der Waals surface area contributed by atoms with Gasteiger partial charge >= 0.3 is 0 Å². The second kappa shape index (κ2) is 8.15. The summed E-state index contributed by atoms with van der Waals surface area (Å²) in [4.78, 5) is 0.